The maximum atomic E-state index is 13.5. The van der Waals surface area contributed by atoms with Crippen LogP contribution in [0.4, 0.5) is 0 Å². The van der Waals surface area contributed by atoms with Crippen LogP contribution in [0.3, 0.4) is 0 Å². The van der Waals surface area contributed by atoms with E-state index in [0.717, 1.165) is 18.7 Å². The van der Waals surface area contributed by atoms with Gasteiger partial charge in [-0.2, -0.15) is 0 Å². The van der Waals surface area contributed by atoms with E-state index in [1.165, 1.54) is 26.2 Å². The molecule has 39 heavy (non-hydrogen) atoms. The van der Waals surface area contributed by atoms with Crippen molar-refractivity contribution in [2.24, 2.45) is 0 Å². The fourth-order valence-electron chi connectivity index (χ4n) is 4.52. The molecule has 2 aromatic carbocycles. The number of hydrogen-bond acceptors (Lipinski definition) is 11. The topological polar surface area (TPSA) is 144 Å². The van der Waals surface area contributed by atoms with Crippen LogP contribution < -0.4 is 9.47 Å². The summed E-state index contributed by atoms with van der Waals surface area (Å²) in [7, 11) is 1.50. The number of hydrogen-bond donors (Lipinski definition) is 0. The summed E-state index contributed by atoms with van der Waals surface area (Å²) in [4.78, 5) is 63.8. The van der Waals surface area contributed by atoms with Gasteiger partial charge in [0.15, 0.2) is 12.2 Å². The highest BCUT2D eigenvalue weighted by Gasteiger charge is 2.57. The van der Waals surface area contributed by atoms with Crippen molar-refractivity contribution in [1.29, 1.82) is 0 Å². The predicted octanol–water partition coefficient (Wildman–Crippen LogP) is 1.89. The lowest BCUT2D eigenvalue weighted by atomic mass is 9.94. The number of fused-ring (bicyclic) bond motifs is 1. The monoisotopic (exact) mass is 541 g/mol. The first-order chi connectivity index (χ1) is 18.6. The zero-order valence-electron chi connectivity index (χ0n) is 21.7. The zero-order chi connectivity index (χ0) is 28.3. The van der Waals surface area contributed by atoms with Crippen molar-refractivity contribution in [3.8, 4) is 11.5 Å². The number of carbonyl (C=O) groups is 5. The predicted molar refractivity (Wildman–Crippen MR) is 131 cm³/mol. The maximum absolute atomic E-state index is 13.5. The van der Waals surface area contributed by atoms with Gasteiger partial charge in [0, 0.05) is 20.8 Å². The summed E-state index contributed by atoms with van der Waals surface area (Å²) < 4.78 is 33.5. The molecule has 2 heterocycles. The van der Waals surface area contributed by atoms with Gasteiger partial charge in [0.1, 0.15) is 30.3 Å². The Kier molecular flexibility index (Phi) is 8.15. The van der Waals surface area contributed by atoms with Crippen molar-refractivity contribution >= 4 is 29.7 Å². The van der Waals surface area contributed by atoms with Gasteiger partial charge in [0.05, 0.1) is 18.2 Å². The van der Waals surface area contributed by atoms with Crippen LogP contribution in [0.15, 0.2) is 48.5 Å². The van der Waals surface area contributed by atoms with E-state index in [9.17, 15) is 24.0 Å². The minimum atomic E-state index is -1.44. The second-order valence-corrected chi connectivity index (χ2v) is 8.80. The lowest BCUT2D eigenvalue weighted by molar-refractivity contribution is -0.265. The summed E-state index contributed by atoms with van der Waals surface area (Å²) in [5.74, 6) is -2.72. The highest BCUT2D eigenvalue weighted by molar-refractivity contribution is 6.21. The average Bonchev–Trinajstić information content (AvgIpc) is 3.14. The van der Waals surface area contributed by atoms with E-state index in [1.54, 1.807) is 36.4 Å². The van der Waals surface area contributed by atoms with Crippen LogP contribution in [0.5, 0.6) is 11.5 Å². The Labute approximate surface area is 223 Å². The Morgan fingerprint density at radius 3 is 1.85 bits per heavy atom. The standard InChI is InChI=1S/C27H27NO11/c1-14(29)35-13-21-23(36-15(2)30)24(37-16(3)31)22(27(39-21)38-18-11-9-17(34-4)10-12-18)28-25(32)19-7-5-6-8-20(19)26(28)33/h5-12,21-24,27H,13H2,1-4H3/t21-,22+,23-,24-,27+/m1/s1. The number of benzene rings is 2. The van der Waals surface area contributed by atoms with E-state index in [-0.39, 0.29) is 16.9 Å². The molecule has 0 bridgehead atoms. The first-order valence-corrected chi connectivity index (χ1v) is 12.0. The number of imide groups is 1. The summed E-state index contributed by atoms with van der Waals surface area (Å²) in [6.07, 6.45) is -5.42. The molecule has 2 aromatic rings. The average molecular weight is 542 g/mol. The van der Waals surface area contributed by atoms with Crippen LogP contribution in [-0.4, -0.2) is 79.0 Å². The summed E-state index contributed by atoms with van der Waals surface area (Å²) in [6.45, 7) is 3.04. The molecule has 2 aliphatic rings. The molecule has 0 N–H and O–H groups in total. The van der Waals surface area contributed by atoms with Crippen molar-refractivity contribution in [3.63, 3.8) is 0 Å². The van der Waals surface area contributed by atoms with Crippen molar-refractivity contribution < 1.29 is 52.4 Å². The Morgan fingerprint density at radius 2 is 1.33 bits per heavy atom. The van der Waals surface area contributed by atoms with Gasteiger partial charge in [-0.25, -0.2) is 0 Å². The number of nitrogens with zero attached hydrogens (tertiary/aromatic N) is 1. The van der Waals surface area contributed by atoms with Crippen LogP contribution >= 0.6 is 0 Å². The molecule has 0 aliphatic carbocycles. The molecular weight excluding hydrogens is 514 g/mol. The SMILES string of the molecule is COc1ccc(O[C@H]2O[C@H](COC(C)=O)[C@@H](OC(C)=O)[C@H](OC(C)=O)[C@@H]2N2C(=O)c3ccccc3C2=O)cc1. The van der Waals surface area contributed by atoms with Crippen LogP contribution in [-0.2, 0) is 33.3 Å². The largest absolute Gasteiger partial charge is 0.497 e. The fourth-order valence-corrected chi connectivity index (χ4v) is 4.52. The Hall–Kier alpha value is -4.45. The van der Waals surface area contributed by atoms with Gasteiger partial charge in [0.2, 0.25) is 6.29 Å². The molecule has 0 radical (unpaired) electrons. The van der Waals surface area contributed by atoms with Crippen LogP contribution in [0.25, 0.3) is 0 Å². The lowest BCUT2D eigenvalue weighted by Gasteiger charge is -2.46. The Morgan fingerprint density at radius 1 is 0.795 bits per heavy atom. The molecule has 0 aromatic heterocycles. The van der Waals surface area contributed by atoms with Gasteiger partial charge >= 0.3 is 17.9 Å². The molecule has 4 rings (SSSR count). The fraction of sp³-hybridized carbons (Fsp3) is 0.370. The third-order valence-electron chi connectivity index (χ3n) is 6.10. The highest BCUT2D eigenvalue weighted by Crippen LogP contribution is 2.36. The molecule has 0 unspecified atom stereocenters. The summed E-state index contributed by atoms with van der Waals surface area (Å²) in [6, 6.07) is 11.2. The van der Waals surface area contributed by atoms with Crippen LogP contribution in [0.1, 0.15) is 41.5 Å². The quantitative estimate of drug-likeness (QED) is 0.274. The summed E-state index contributed by atoms with van der Waals surface area (Å²) >= 11 is 0. The molecule has 12 heteroatoms. The minimum absolute atomic E-state index is 0.137. The van der Waals surface area contributed by atoms with Gasteiger partial charge in [-0.3, -0.25) is 28.9 Å². The molecule has 2 aliphatic heterocycles. The van der Waals surface area contributed by atoms with E-state index in [4.69, 9.17) is 28.4 Å². The van der Waals surface area contributed by atoms with E-state index >= 15 is 0 Å². The molecule has 5 atom stereocenters. The first kappa shape index (κ1) is 27.6. The number of carbonyl (C=O) groups excluding carboxylic acids is 5. The molecule has 0 spiro atoms. The van der Waals surface area contributed by atoms with Gasteiger partial charge < -0.3 is 28.4 Å². The minimum Gasteiger partial charge on any atom is -0.497 e. The lowest BCUT2D eigenvalue weighted by Crippen LogP contribution is -2.68. The van der Waals surface area contributed by atoms with E-state index in [0.29, 0.717) is 5.75 Å². The van der Waals surface area contributed by atoms with Crippen LogP contribution in [0.2, 0.25) is 0 Å². The zero-order valence-corrected chi connectivity index (χ0v) is 21.7. The Bertz CT molecular complexity index is 1240. The first-order valence-electron chi connectivity index (χ1n) is 12.0. The number of esters is 3. The van der Waals surface area contributed by atoms with Gasteiger partial charge in [-0.05, 0) is 36.4 Å². The molecular formula is C27H27NO11. The normalized spacial score (nSPS) is 24.0. The number of ether oxygens (including phenoxy) is 6. The maximum Gasteiger partial charge on any atom is 0.303 e. The van der Waals surface area contributed by atoms with Gasteiger partial charge in [-0.15, -0.1) is 0 Å². The molecule has 206 valence electrons. The number of rotatable bonds is 8. The van der Waals surface area contributed by atoms with E-state index in [1.807, 2.05) is 0 Å². The van der Waals surface area contributed by atoms with E-state index in [2.05, 4.69) is 0 Å². The molecule has 12 nitrogen and oxygen atoms in total. The summed E-state index contributed by atoms with van der Waals surface area (Å²) in [5.41, 5.74) is 0.275. The second-order valence-electron chi connectivity index (χ2n) is 8.80. The van der Waals surface area contributed by atoms with Crippen LogP contribution in [0, 0.1) is 0 Å². The molecule has 2 amide bonds. The van der Waals surface area contributed by atoms with Crippen molar-refractivity contribution in [3.05, 3.63) is 59.7 Å². The van der Waals surface area contributed by atoms with Gasteiger partial charge in [0.25, 0.3) is 11.8 Å². The van der Waals surface area contributed by atoms with Crippen molar-refractivity contribution in [2.75, 3.05) is 13.7 Å². The second kappa shape index (κ2) is 11.5. The highest BCUT2D eigenvalue weighted by atomic mass is 16.7. The Balaban J connectivity index is 1.81. The van der Waals surface area contributed by atoms with E-state index < -0.39 is 67.0 Å². The molecule has 1 fully saturated rings. The van der Waals surface area contributed by atoms with Crippen molar-refractivity contribution in [2.45, 2.75) is 51.4 Å². The van der Waals surface area contributed by atoms with Gasteiger partial charge in [-0.1, -0.05) is 12.1 Å². The number of amides is 2. The van der Waals surface area contributed by atoms with Crippen molar-refractivity contribution in [1.82, 2.24) is 4.90 Å². The smallest absolute Gasteiger partial charge is 0.303 e. The molecule has 1 saturated heterocycles. The summed E-state index contributed by atoms with van der Waals surface area (Å²) in [5, 5.41) is 0. The number of methoxy groups -OCH3 is 1. The third kappa shape index (κ3) is 5.85. The molecule has 0 saturated carbocycles. The third-order valence-corrected chi connectivity index (χ3v) is 6.10.